The van der Waals surface area contributed by atoms with Crippen molar-refractivity contribution in [3.8, 4) is 0 Å². The molecule has 1 aliphatic heterocycles. The molecular formula is C21H28N2. The Labute approximate surface area is 139 Å². The molecule has 1 saturated carbocycles. The number of aromatic amines is 1. The van der Waals surface area contributed by atoms with E-state index < -0.39 is 0 Å². The van der Waals surface area contributed by atoms with Gasteiger partial charge in [-0.1, -0.05) is 30.0 Å². The van der Waals surface area contributed by atoms with Crippen molar-refractivity contribution in [1.29, 1.82) is 0 Å². The minimum Gasteiger partial charge on any atom is -0.374 e. The van der Waals surface area contributed by atoms with E-state index in [-0.39, 0.29) is 0 Å². The Hall–Kier alpha value is -1.92. The van der Waals surface area contributed by atoms with Gasteiger partial charge in [-0.15, -0.1) is 0 Å². The number of H-pyrrole nitrogens is 1. The summed E-state index contributed by atoms with van der Waals surface area (Å²) < 4.78 is 0. The number of hydrogen-bond acceptors (Lipinski definition) is 1. The van der Waals surface area contributed by atoms with Gasteiger partial charge in [-0.3, -0.25) is 0 Å². The van der Waals surface area contributed by atoms with Gasteiger partial charge in [0.25, 0.3) is 0 Å². The molecule has 0 atom stereocenters. The standard InChI is InChI=1S/C21H28N2/c1-3-4-5-7-10-20-19(11-15-22-20)18(2)23-16-9-6-8-12-21(17-23)13-14-21/h3-4,6-8,11,15,22H,5,9,12-14,16-17H2,1-2H3. The molecule has 0 aromatic carbocycles. The summed E-state index contributed by atoms with van der Waals surface area (Å²) in [6.45, 7) is 6.64. The van der Waals surface area contributed by atoms with Crippen molar-refractivity contribution >= 4 is 11.4 Å². The number of allylic oxidation sites excluding steroid dienone is 4. The third-order valence-corrected chi connectivity index (χ3v) is 5.11. The second-order valence-corrected chi connectivity index (χ2v) is 6.89. The highest BCUT2D eigenvalue weighted by Crippen LogP contribution is 2.50. The van der Waals surface area contributed by atoms with Crippen LogP contribution in [0, 0.1) is 5.41 Å². The molecule has 1 aromatic rings. The fraction of sp³-hybridized carbons (Fsp3) is 0.476. The quantitative estimate of drug-likeness (QED) is 0.847. The summed E-state index contributed by atoms with van der Waals surface area (Å²) in [4.78, 5) is 5.93. The van der Waals surface area contributed by atoms with Crippen molar-refractivity contribution in [2.24, 2.45) is 5.41 Å². The summed E-state index contributed by atoms with van der Waals surface area (Å²) in [5.74, 6) is 0. The predicted molar refractivity (Wildman–Crippen MR) is 98.1 cm³/mol. The van der Waals surface area contributed by atoms with Gasteiger partial charge in [0.1, 0.15) is 0 Å². The summed E-state index contributed by atoms with van der Waals surface area (Å²) in [5, 5.41) is 2.40. The lowest BCUT2D eigenvalue weighted by atomic mass is 9.99. The first-order chi connectivity index (χ1) is 11.2. The van der Waals surface area contributed by atoms with Crippen molar-refractivity contribution in [1.82, 2.24) is 9.88 Å². The lowest BCUT2D eigenvalue weighted by Crippen LogP contribution is -2.36. The molecule has 1 N–H and O–H groups in total. The van der Waals surface area contributed by atoms with Crippen LogP contribution in [0.4, 0.5) is 0 Å². The first-order valence-electron chi connectivity index (χ1n) is 8.85. The maximum absolute atomic E-state index is 3.42. The summed E-state index contributed by atoms with van der Waals surface area (Å²) in [6.07, 6.45) is 19.2. The van der Waals surface area contributed by atoms with Gasteiger partial charge in [-0.2, -0.15) is 0 Å². The van der Waals surface area contributed by atoms with Crippen LogP contribution >= 0.6 is 0 Å². The van der Waals surface area contributed by atoms with Gasteiger partial charge in [0, 0.05) is 30.2 Å². The molecule has 1 spiro atoms. The molecule has 2 heteroatoms. The van der Waals surface area contributed by atoms with E-state index in [4.69, 9.17) is 0 Å². The van der Waals surface area contributed by atoms with Crippen molar-refractivity contribution in [2.45, 2.75) is 46.0 Å². The number of nitrogens with one attached hydrogen (secondary N) is 1. The minimum atomic E-state index is 0.556. The van der Waals surface area contributed by atoms with Crippen LogP contribution in [-0.2, 0) is 0 Å². The highest BCUT2D eigenvalue weighted by Gasteiger charge is 2.43. The summed E-state index contributed by atoms with van der Waals surface area (Å²) in [6, 6.07) is 2.19. The highest BCUT2D eigenvalue weighted by molar-refractivity contribution is 5.42. The molecular weight excluding hydrogens is 280 g/mol. The van der Waals surface area contributed by atoms with Crippen LogP contribution in [0.5, 0.6) is 0 Å². The predicted octanol–water partition coefficient (Wildman–Crippen LogP) is 3.48. The average Bonchev–Trinajstić information content (AvgIpc) is 3.15. The second-order valence-electron chi connectivity index (χ2n) is 6.89. The van der Waals surface area contributed by atoms with Gasteiger partial charge in [-0.05, 0) is 63.5 Å². The van der Waals surface area contributed by atoms with Crippen LogP contribution in [-0.4, -0.2) is 23.0 Å². The molecule has 1 fully saturated rings. The average molecular weight is 308 g/mol. The molecule has 3 rings (SSSR count). The van der Waals surface area contributed by atoms with Crippen LogP contribution in [0.25, 0.3) is 11.4 Å². The van der Waals surface area contributed by atoms with E-state index in [9.17, 15) is 0 Å². The Morgan fingerprint density at radius 2 is 2.26 bits per heavy atom. The summed E-state index contributed by atoms with van der Waals surface area (Å²) >= 11 is 0. The topological polar surface area (TPSA) is 19.0 Å². The molecule has 1 aromatic heterocycles. The molecule has 1 aliphatic carbocycles. The largest absolute Gasteiger partial charge is 0.374 e. The molecule has 2 nitrogen and oxygen atoms in total. The molecule has 0 saturated heterocycles. The van der Waals surface area contributed by atoms with E-state index in [1.165, 1.54) is 36.7 Å². The van der Waals surface area contributed by atoms with Crippen LogP contribution < -0.4 is 10.6 Å². The molecule has 0 bridgehead atoms. The van der Waals surface area contributed by atoms with Crippen molar-refractivity contribution in [3.63, 3.8) is 0 Å². The minimum absolute atomic E-state index is 0.556. The zero-order chi connectivity index (χ0) is 16.1. The number of hydrogen-bond donors (Lipinski definition) is 1. The second kappa shape index (κ2) is 7.10. The van der Waals surface area contributed by atoms with Gasteiger partial charge < -0.3 is 9.88 Å². The third kappa shape index (κ3) is 3.89. The van der Waals surface area contributed by atoms with Crippen molar-refractivity contribution < 1.29 is 0 Å². The van der Waals surface area contributed by atoms with E-state index in [1.807, 2.05) is 6.20 Å². The Kier molecular flexibility index (Phi) is 4.93. The molecule has 0 unspecified atom stereocenters. The van der Waals surface area contributed by atoms with E-state index in [1.54, 1.807) is 0 Å². The number of nitrogens with zero attached hydrogens (tertiary/aromatic N) is 1. The molecule has 0 radical (unpaired) electrons. The molecule has 2 heterocycles. The van der Waals surface area contributed by atoms with Crippen molar-refractivity contribution in [2.75, 3.05) is 13.1 Å². The van der Waals surface area contributed by atoms with E-state index in [2.05, 4.69) is 65.9 Å². The maximum atomic E-state index is 3.42. The monoisotopic (exact) mass is 308 g/mol. The van der Waals surface area contributed by atoms with Crippen LogP contribution in [0.15, 0.2) is 42.6 Å². The van der Waals surface area contributed by atoms with Crippen molar-refractivity contribution in [3.05, 3.63) is 53.2 Å². The number of aromatic nitrogens is 1. The highest BCUT2D eigenvalue weighted by atomic mass is 15.1. The normalized spacial score (nSPS) is 21.0. The Balaban J connectivity index is 1.93. The smallest absolute Gasteiger partial charge is 0.0901 e. The molecule has 23 heavy (non-hydrogen) atoms. The van der Waals surface area contributed by atoms with Crippen LogP contribution in [0.3, 0.4) is 0 Å². The van der Waals surface area contributed by atoms with E-state index in [0.29, 0.717) is 5.41 Å². The Bertz CT molecular complexity index is 737. The third-order valence-electron chi connectivity index (χ3n) is 5.11. The SMILES string of the molecule is CC=CCC=C=c1[nH]ccc1=C(C)N1CCC=CCC2(CC2)C1. The first-order valence-corrected chi connectivity index (χ1v) is 8.85. The lowest BCUT2D eigenvalue weighted by molar-refractivity contribution is 0.302. The fourth-order valence-corrected chi connectivity index (χ4v) is 3.38. The molecule has 122 valence electrons. The van der Waals surface area contributed by atoms with E-state index >= 15 is 0 Å². The van der Waals surface area contributed by atoms with Crippen LogP contribution in [0.2, 0.25) is 0 Å². The first kappa shape index (κ1) is 16.0. The maximum Gasteiger partial charge on any atom is 0.0901 e. The van der Waals surface area contributed by atoms with Gasteiger partial charge in [0.05, 0.1) is 5.35 Å². The van der Waals surface area contributed by atoms with Gasteiger partial charge >= 0.3 is 0 Å². The lowest BCUT2D eigenvalue weighted by Gasteiger charge is -2.30. The Morgan fingerprint density at radius 3 is 3.04 bits per heavy atom. The van der Waals surface area contributed by atoms with Gasteiger partial charge in [0.2, 0.25) is 0 Å². The fourth-order valence-electron chi connectivity index (χ4n) is 3.38. The summed E-state index contributed by atoms with van der Waals surface area (Å²) in [5.41, 5.74) is 5.36. The molecule has 2 aliphatic rings. The number of rotatable bonds is 3. The Morgan fingerprint density at radius 1 is 1.39 bits per heavy atom. The zero-order valence-electron chi connectivity index (χ0n) is 14.4. The van der Waals surface area contributed by atoms with Gasteiger partial charge in [-0.25, -0.2) is 0 Å². The van der Waals surface area contributed by atoms with Crippen LogP contribution in [0.1, 0.15) is 46.0 Å². The van der Waals surface area contributed by atoms with E-state index in [0.717, 1.165) is 24.7 Å². The summed E-state index contributed by atoms with van der Waals surface area (Å²) in [7, 11) is 0. The zero-order valence-corrected chi connectivity index (χ0v) is 14.4. The molecule has 0 amide bonds. The van der Waals surface area contributed by atoms with Gasteiger partial charge in [0.15, 0.2) is 0 Å².